The molecule has 44 heavy (non-hydrogen) atoms. The molecule has 1 aliphatic rings. The van der Waals surface area contributed by atoms with E-state index in [1.807, 2.05) is 72.8 Å². The van der Waals surface area contributed by atoms with Gasteiger partial charge in [-0.05, 0) is 50.4 Å². The van der Waals surface area contributed by atoms with Gasteiger partial charge in [0, 0.05) is 37.2 Å². The first-order chi connectivity index (χ1) is 21.3. The molecule has 0 radical (unpaired) electrons. The molecule has 3 N–H and O–H groups in total. The van der Waals surface area contributed by atoms with E-state index in [2.05, 4.69) is 27.8 Å². The van der Waals surface area contributed by atoms with Crippen molar-refractivity contribution in [2.75, 3.05) is 5.75 Å². The molecule has 4 aromatic rings. The highest BCUT2D eigenvalue weighted by molar-refractivity contribution is 7.99. The van der Waals surface area contributed by atoms with Gasteiger partial charge in [-0.25, -0.2) is 4.68 Å². The number of rotatable bonds is 12. The molecule has 0 bridgehead atoms. The van der Waals surface area contributed by atoms with Crippen molar-refractivity contribution in [1.82, 2.24) is 25.5 Å². The molecule has 0 unspecified atom stereocenters. The first-order valence-electron chi connectivity index (χ1n) is 14.3. The predicted octanol–water partition coefficient (Wildman–Crippen LogP) is 4.43. The average molecular weight is 618 g/mol. The van der Waals surface area contributed by atoms with Gasteiger partial charge in [0.1, 0.15) is 0 Å². The van der Waals surface area contributed by atoms with Gasteiger partial charge in [-0.15, -0.1) is 5.10 Å². The monoisotopic (exact) mass is 617 g/mol. The van der Waals surface area contributed by atoms with Crippen molar-refractivity contribution in [3.05, 3.63) is 95.1 Å². The van der Waals surface area contributed by atoms with Gasteiger partial charge in [0.25, 0.3) is 0 Å². The van der Waals surface area contributed by atoms with Crippen LogP contribution in [-0.4, -0.2) is 54.2 Å². The van der Waals surface area contributed by atoms with Crippen LogP contribution in [0.25, 0.3) is 11.1 Å². The minimum atomic E-state index is -0.999. The molecule has 2 heterocycles. The summed E-state index contributed by atoms with van der Waals surface area (Å²) in [5.41, 5.74) is 5.54. The van der Waals surface area contributed by atoms with Crippen molar-refractivity contribution < 1.29 is 29.3 Å². The molecule has 1 aromatic heterocycles. The fourth-order valence-corrected chi connectivity index (χ4v) is 6.06. The second-order valence-electron chi connectivity index (χ2n) is 10.7. The lowest BCUT2D eigenvalue weighted by atomic mass is 9.91. The molecular formula is C32H35N5O6S. The number of aromatic nitrogens is 4. The van der Waals surface area contributed by atoms with Crippen LogP contribution in [0.2, 0.25) is 0 Å². The van der Waals surface area contributed by atoms with Gasteiger partial charge in [-0.3, -0.25) is 9.59 Å². The second-order valence-corrected chi connectivity index (χ2v) is 11.7. The van der Waals surface area contributed by atoms with Gasteiger partial charge >= 0.3 is 5.97 Å². The van der Waals surface area contributed by atoms with Crippen molar-refractivity contribution in [3.63, 3.8) is 0 Å². The summed E-state index contributed by atoms with van der Waals surface area (Å²) in [5, 5.41) is 33.6. The lowest BCUT2D eigenvalue weighted by Gasteiger charge is -2.41. The number of carbonyl (C=O) groups is 2. The van der Waals surface area contributed by atoms with E-state index >= 15 is 0 Å². The quantitative estimate of drug-likeness (QED) is 0.195. The first kappa shape index (κ1) is 31.3. The number of benzene rings is 3. The normalized spacial score (nSPS) is 19.9. The van der Waals surface area contributed by atoms with Crippen LogP contribution in [0.4, 0.5) is 0 Å². The standard InChI is InChI=1S/C32H35N5O6S/c1-20-27(19-44-32-34-35-36-37(32)2)42-31(43-30(20)23-11-9-21(18-38)10-12-23)26-8-4-7-25(16-26)24-6-3-5-22(15-24)17-33-28(39)13-14-29(40)41/h3-12,15-16,20,27,30-31,38H,13-14,17-19H2,1-2H3,(H,33,39)(H,40,41)/t20-,27+,30+,31+/m1/s1. The van der Waals surface area contributed by atoms with Crippen LogP contribution in [0.3, 0.4) is 0 Å². The number of amides is 1. The SMILES string of the molecule is C[C@@H]1[C@H](CSc2nnnn2C)O[C@H](c2cccc(-c3cccc(CNC(=O)CCC(=O)O)c3)c2)O[C@@H]1c1ccc(CO)cc1. The number of thioether (sulfide) groups is 1. The molecule has 3 aromatic carbocycles. The largest absolute Gasteiger partial charge is 0.481 e. The maximum atomic E-state index is 12.0. The molecule has 11 nitrogen and oxygen atoms in total. The second kappa shape index (κ2) is 14.6. The summed E-state index contributed by atoms with van der Waals surface area (Å²) in [6, 6.07) is 23.7. The molecular weight excluding hydrogens is 582 g/mol. The van der Waals surface area contributed by atoms with Crippen LogP contribution in [0, 0.1) is 5.92 Å². The Morgan fingerprint density at radius 1 is 0.955 bits per heavy atom. The number of carbonyl (C=O) groups excluding carboxylic acids is 1. The molecule has 1 saturated heterocycles. The topological polar surface area (TPSA) is 149 Å². The summed E-state index contributed by atoms with van der Waals surface area (Å²) in [4.78, 5) is 22.8. The third-order valence-electron chi connectivity index (χ3n) is 7.56. The summed E-state index contributed by atoms with van der Waals surface area (Å²) >= 11 is 1.53. The molecule has 0 spiro atoms. The number of aliphatic hydroxyl groups excluding tert-OH is 1. The number of carboxylic acid groups (broad SMARTS) is 1. The highest BCUT2D eigenvalue weighted by atomic mass is 32.2. The third kappa shape index (κ3) is 7.88. The van der Waals surface area contributed by atoms with Gasteiger partial charge in [0.15, 0.2) is 6.29 Å². The molecule has 12 heteroatoms. The number of tetrazole rings is 1. The van der Waals surface area contributed by atoms with Crippen molar-refractivity contribution in [1.29, 1.82) is 0 Å². The lowest BCUT2D eigenvalue weighted by Crippen LogP contribution is -2.38. The number of hydrogen-bond donors (Lipinski definition) is 3. The van der Waals surface area contributed by atoms with E-state index in [0.29, 0.717) is 17.5 Å². The molecule has 230 valence electrons. The Morgan fingerprint density at radius 2 is 1.70 bits per heavy atom. The lowest BCUT2D eigenvalue weighted by molar-refractivity contribution is -0.268. The zero-order chi connectivity index (χ0) is 31.1. The van der Waals surface area contributed by atoms with Gasteiger partial charge < -0.3 is 25.0 Å². The number of ether oxygens (including phenoxy) is 2. The zero-order valence-corrected chi connectivity index (χ0v) is 25.3. The molecule has 1 fully saturated rings. The number of nitrogens with one attached hydrogen (secondary N) is 1. The van der Waals surface area contributed by atoms with Crippen molar-refractivity contribution in [2.24, 2.45) is 13.0 Å². The molecule has 5 rings (SSSR count). The van der Waals surface area contributed by atoms with E-state index in [1.54, 1.807) is 11.7 Å². The maximum Gasteiger partial charge on any atom is 0.303 e. The average Bonchev–Trinajstić information content (AvgIpc) is 3.46. The summed E-state index contributed by atoms with van der Waals surface area (Å²) in [6.45, 7) is 2.39. The Morgan fingerprint density at radius 3 is 2.41 bits per heavy atom. The van der Waals surface area contributed by atoms with Crippen LogP contribution < -0.4 is 5.32 Å². The Hall–Kier alpha value is -4.10. The van der Waals surface area contributed by atoms with Gasteiger partial charge in [0.05, 0.1) is 25.2 Å². The van der Waals surface area contributed by atoms with Gasteiger partial charge in [-0.1, -0.05) is 79.3 Å². The van der Waals surface area contributed by atoms with Crippen LogP contribution in [0.15, 0.2) is 78.0 Å². The molecule has 4 atom stereocenters. The zero-order valence-electron chi connectivity index (χ0n) is 24.5. The molecule has 1 amide bonds. The number of aliphatic hydroxyl groups is 1. The van der Waals surface area contributed by atoms with E-state index in [1.165, 1.54) is 11.8 Å². The maximum absolute atomic E-state index is 12.0. The fraction of sp³-hybridized carbons (Fsp3) is 0.344. The van der Waals surface area contributed by atoms with Crippen LogP contribution in [0.5, 0.6) is 0 Å². The summed E-state index contributed by atoms with van der Waals surface area (Å²) < 4.78 is 14.8. The Labute approximate surface area is 259 Å². The predicted molar refractivity (Wildman–Crippen MR) is 163 cm³/mol. The number of carboxylic acids is 1. The molecule has 1 aliphatic heterocycles. The van der Waals surface area contributed by atoms with E-state index < -0.39 is 12.3 Å². The number of aryl methyl sites for hydroxylation is 1. The minimum absolute atomic E-state index is 0.0190. The number of nitrogens with zero attached hydrogens (tertiary/aromatic N) is 4. The van der Waals surface area contributed by atoms with Crippen LogP contribution in [0.1, 0.15) is 54.4 Å². The minimum Gasteiger partial charge on any atom is -0.481 e. The molecule has 0 saturated carbocycles. The highest BCUT2D eigenvalue weighted by Crippen LogP contribution is 2.43. The van der Waals surface area contributed by atoms with Crippen LogP contribution in [-0.2, 0) is 39.3 Å². The van der Waals surface area contributed by atoms with Crippen molar-refractivity contribution in [2.45, 2.75) is 56.6 Å². The third-order valence-corrected chi connectivity index (χ3v) is 8.66. The van der Waals surface area contributed by atoms with E-state index in [4.69, 9.17) is 14.6 Å². The van der Waals surface area contributed by atoms with Crippen molar-refractivity contribution in [3.8, 4) is 11.1 Å². The first-order valence-corrected chi connectivity index (χ1v) is 15.3. The Bertz CT molecular complexity index is 1580. The van der Waals surface area contributed by atoms with E-state index in [-0.39, 0.29) is 43.5 Å². The van der Waals surface area contributed by atoms with Gasteiger partial charge in [-0.2, -0.15) is 0 Å². The van der Waals surface area contributed by atoms with Gasteiger partial charge in [0.2, 0.25) is 11.1 Å². The number of hydrogen-bond acceptors (Lipinski definition) is 9. The molecule has 0 aliphatic carbocycles. The van der Waals surface area contributed by atoms with Crippen LogP contribution >= 0.6 is 11.8 Å². The van der Waals surface area contributed by atoms with E-state index in [9.17, 15) is 14.7 Å². The summed E-state index contributed by atoms with van der Waals surface area (Å²) in [5.74, 6) is -0.656. The summed E-state index contributed by atoms with van der Waals surface area (Å²) in [7, 11) is 1.80. The highest BCUT2D eigenvalue weighted by Gasteiger charge is 2.38. The number of aliphatic carboxylic acids is 1. The Balaban J connectivity index is 1.36. The fourth-order valence-electron chi connectivity index (χ4n) is 5.05. The Kier molecular flexibility index (Phi) is 10.4. The van der Waals surface area contributed by atoms with Crippen molar-refractivity contribution >= 4 is 23.6 Å². The smallest absolute Gasteiger partial charge is 0.303 e. The summed E-state index contributed by atoms with van der Waals surface area (Å²) in [6.07, 6.45) is -1.31. The van der Waals surface area contributed by atoms with E-state index in [0.717, 1.165) is 33.4 Å².